The van der Waals surface area contributed by atoms with E-state index in [9.17, 15) is 0 Å². The van der Waals surface area contributed by atoms with Crippen LogP contribution in [0.5, 0.6) is 11.5 Å². The predicted octanol–water partition coefficient (Wildman–Crippen LogP) is 8.65. The molecule has 0 spiro atoms. The van der Waals surface area contributed by atoms with Crippen LogP contribution in [-0.2, 0) is 12.8 Å². The highest BCUT2D eigenvalue weighted by molar-refractivity contribution is 6.06. The number of nitrogens with zero attached hydrogens (tertiary/aromatic N) is 1. The first-order valence-electron chi connectivity index (χ1n) is 12.1. The van der Waals surface area contributed by atoms with Crippen molar-refractivity contribution in [2.45, 2.75) is 61.3 Å². The van der Waals surface area contributed by atoms with Crippen molar-refractivity contribution in [1.82, 2.24) is 4.98 Å². The van der Waals surface area contributed by atoms with Crippen molar-refractivity contribution in [3.05, 3.63) is 65.3 Å². The van der Waals surface area contributed by atoms with Crippen LogP contribution in [0.3, 0.4) is 0 Å². The Bertz CT molecular complexity index is 1420. The molecule has 2 heterocycles. The number of rotatable bonds is 2. The Morgan fingerprint density at radius 2 is 1.62 bits per heavy atom. The van der Waals surface area contributed by atoms with Gasteiger partial charge in [0.2, 0.25) is 0 Å². The van der Waals surface area contributed by atoms with Gasteiger partial charge in [0.25, 0.3) is 0 Å². The Balaban J connectivity index is 1.84. The number of hydrogen-bond donors (Lipinski definition) is 0. The summed E-state index contributed by atoms with van der Waals surface area (Å²) in [6.07, 6.45) is 2.14. The largest absolute Gasteiger partial charge is 0.456 e. The molecule has 0 amide bonds. The molecule has 0 fully saturated rings. The standard InChI is InChI=1S/C30H33NO/c1-18-8-9-22-21(12-18)15-23-27-26-20(10-11-31-27)13-19(16-29(2,3)4)14-25(26)32-28(23)24(22)17-30(5,6)7/h8-15H,16-17H2,1-7H3/i11D. The van der Waals surface area contributed by atoms with Crippen LogP contribution in [0, 0.1) is 17.8 Å². The van der Waals surface area contributed by atoms with Gasteiger partial charge in [-0.1, -0.05) is 71.4 Å². The smallest absolute Gasteiger partial charge is 0.140 e. The van der Waals surface area contributed by atoms with E-state index in [0.29, 0.717) is 6.17 Å². The maximum absolute atomic E-state index is 8.45. The third kappa shape index (κ3) is 3.77. The summed E-state index contributed by atoms with van der Waals surface area (Å²) < 4.78 is 15.2. The molecule has 1 aliphatic heterocycles. The van der Waals surface area contributed by atoms with Gasteiger partial charge in [-0.25, -0.2) is 0 Å². The number of aryl methyl sites for hydroxylation is 1. The Hall–Kier alpha value is -2.87. The zero-order chi connectivity index (χ0) is 23.7. The number of ether oxygens (including phenoxy) is 1. The van der Waals surface area contributed by atoms with Crippen molar-refractivity contribution in [3.8, 4) is 22.8 Å². The fourth-order valence-electron chi connectivity index (χ4n) is 4.97. The van der Waals surface area contributed by atoms with E-state index in [4.69, 9.17) is 11.1 Å². The summed E-state index contributed by atoms with van der Waals surface area (Å²) in [4.78, 5) is 4.73. The van der Waals surface area contributed by atoms with Crippen LogP contribution in [-0.4, -0.2) is 4.98 Å². The number of benzene rings is 3. The molecular formula is C30H33NO. The van der Waals surface area contributed by atoms with E-state index in [0.717, 1.165) is 46.4 Å². The van der Waals surface area contributed by atoms with Crippen molar-refractivity contribution in [2.24, 2.45) is 10.8 Å². The van der Waals surface area contributed by atoms with Gasteiger partial charge in [-0.2, -0.15) is 0 Å². The molecule has 3 aromatic carbocycles. The van der Waals surface area contributed by atoms with Crippen LogP contribution in [0.1, 0.15) is 59.6 Å². The molecule has 1 aromatic heterocycles. The number of aromatic nitrogens is 1. The molecule has 2 nitrogen and oxygen atoms in total. The first-order valence-corrected chi connectivity index (χ1v) is 11.6. The highest BCUT2D eigenvalue weighted by Gasteiger charge is 2.28. The summed E-state index contributed by atoms with van der Waals surface area (Å²) in [7, 11) is 0. The maximum atomic E-state index is 8.45. The van der Waals surface area contributed by atoms with Crippen molar-refractivity contribution >= 4 is 21.5 Å². The lowest BCUT2D eigenvalue weighted by Crippen LogP contribution is -2.13. The summed E-state index contributed by atoms with van der Waals surface area (Å²) in [6, 6.07) is 15.1. The Morgan fingerprint density at radius 1 is 0.875 bits per heavy atom. The molecule has 164 valence electrons. The molecule has 4 aromatic rings. The Kier molecular flexibility index (Phi) is 4.37. The first-order chi connectivity index (χ1) is 15.4. The lowest BCUT2D eigenvalue weighted by Gasteiger charge is -2.28. The molecule has 1 aliphatic rings. The Labute approximate surface area is 193 Å². The van der Waals surface area contributed by atoms with E-state index in [2.05, 4.69) is 84.9 Å². The van der Waals surface area contributed by atoms with Gasteiger partial charge in [-0.05, 0) is 70.5 Å². The minimum absolute atomic E-state index is 0.102. The Morgan fingerprint density at radius 3 is 2.34 bits per heavy atom. The molecule has 0 saturated carbocycles. The van der Waals surface area contributed by atoms with E-state index in [-0.39, 0.29) is 10.8 Å². The topological polar surface area (TPSA) is 22.1 Å². The minimum atomic E-state index is 0.102. The second kappa shape index (κ2) is 7.07. The van der Waals surface area contributed by atoms with E-state index in [1.807, 2.05) is 6.07 Å². The van der Waals surface area contributed by atoms with Crippen LogP contribution in [0.15, 0.2) is 48.6 Å². The number of pyridine rings is 1. The second-order valence-corrected chi connectivity index (χ2v) is 11.8. The third-order valence-electron chi connectivity index (χ3n) is 6.09. The summed E-state index contributed by atoms with van der Waals surface area (Å²) in [5.74, 6) is 1.77. The van der Waals surface area contributed by atoms with Gasteiger partial charge in [0.1, 0.15) is 11.5 Å². The van der Waals surface area contributed by atoms with Gasteiger partial charge in [0.15, 0.2) is 0 Å². The molecule has 0 unspecified atom stereocenters. The van der Waals surface area contributed by atoms with Crippen LogP contribution >= 0.6 is 0 Å². The van der Waals surface area contributed by atoms with E-state index >= 15 is 0 Å². The van der Waals surface area contributed by atoms with Crippen molar-refractivity contribution in [1.29, 1.82) is 0 Å². The van der Waals surface area contributed by atoms with Crippen LogP contribution in [0.4, 0.5) is 0 Å². The van der Waals surface area contributed by atoms with Crippen LogP contribution in [0.2, 0.25) is 0 Å². The average Bonchev–Trinajstić information content (AvgIpc) is 2.65. The lowest BCUT2D eigenvalue weighted by molar-refractivity contribution is 0.398. The molecule has 0 N–H and O–H groups in total. The molecule has 0 saturated heterocycles. The molecular weight excluding hydrogens is 390 g/mol. The van der Waals surface area contributed by atoms with Gasteiger partial charge >= 0.3 is 0 Å². The SMILES string of the molecule is [2H]c1cc2cc(CC(C)(C)C)cc3c2c(n1)-c1cc2cc(C)ccc2c(CC(C)(C)C)c1O3. The van der Waals surface area contributed by atoms with E-state index in [1.165, 1.54) is 27.5 Å². The fourth-order valence-corrected chi connectivity index (χ4v) is 4.97. The molecule has 2 heteroatoms. The summed E-state index contributed by atoms with van der Waals surface area (Å²) >= 11 is 0. The number of hydrogen-bond acceptors (Lipinski definition) is 2. The zero-order valence-electron chi connectivity index (χ0n) is 21.3. The van der Waals surface area contributed by atoms with Gasteiger partial charge in [0, 0.05) is 17.3 Å². The highest BCUT2D eigenvalue weighted by Crippen LogP contribution is 2.50. The van der Waals surface area contributed by atoms with Crippen LogP contribution < -0.4 is 4.74 Å². The van der Waals surface area contributed by atoms with Crippen molar-refractivity contribution in [2.75, 3.05) is 0 Å². The highest BCUT2D eigenvalue weighted by atomic mass is 16.5. The molecule has 0 atom stereocenters. The lowest BCUT2D eigenvalue weighted by atomic mass is 9.83. The van der Waals surface area contributed by atoms with Gasteiger partial charge in [-0.3, -0.25) is 4.98 Å². The summed E-state index contributed by atoms with van der Waals surface area (Å²) in [6.45, 7) is 15.7. The quantitative estimate of drug-likeness (QED) is 0.283. The summed E-state index contributed by atoms with van der Waals surface area (Å²) in [5.41, 5.74) is 5.84. The zero-order valence-corrected chi connectivity index (χ0v) is 20.3. The number of fused-ring (bicyclic) bond motifs is 3. The van der Waals surface area contributed by atoms with Gasteiger partial charge in [0.05, 0.1) is 12.5 Å². The van der Waals surface area contributed by atoms with Crippen molar-refractivity contribution in [3.63, 3.8) is 0 Å². The normalized spacial score (nSPS) is 13.8. The van der Waals surface area contributed by atoms with E-state index < -0.39 is 0 Å². The monoisotopic (exact) mass is 424 g/mol. The molecule has 0 aliphatic carbocycles. The molecule has 5 rings (SSSR count). The maximum Gasteiger partial charge on any atom is 0.140 e. The average molecular weight is 425 g/mol. The van der Waals surface area contributed by atoms with Gasteiger partial charge in [-0.15, -0.1) is 0 Å². The predicted molar refractivity (Wildman–Crippen MR) is 136 cm³/mol. The molecule has 0 radical (unpaired) electrons. The first kappa shape index (κ1) is 19.8. The second-order valence-electron chi connectivity index (χ2n) is 11.8. The molecule has 32 heavy (non-hydrogen) atoms. The van der Waals surface area contributed by atoms with Crippen molar-refractivity contribution < 1.29 is 6.11 Å². The van der Waals surface area contributed by atoms with Gasteiger partial charge < -0.3 is 4.74 Å². The molecule has 0 bridgehead atoms. The minimum Gasteiger partial charge on any atom is -0.456 e. The van der Waals surface area contributed by atoms with Crippen LogP contribution in [0.25, 0.3) is 32.8 Å². The third-order valence-corrected chi connectivity index (χ3v) is 6.09. The van der Waals surface area contributed by atoms with E-state index in [1.54, 1.807) is 0 Å². The fraction of sp³-hybridized carbons (Fsp3) is 0.367. The summed E-state index contributed by atoms with van der Waals surface area (Å²) in [5, 5.41) is 4.50.